The Morgan fingerprint density at radius 1 is 0.485 bits per heavy atom. The molecule has 0 aromatic carbocycles. The van der Waals surface area contributed by atoms with Gasteiger partial charge in [-0.3, -0.25) is 19.2 Å². The summed E-state index contributed by atoms with van der Waals surface area (Å²) in [6.07, 6.45) is 24.7. The van der Waals surface area contributed by atoms with Crippen LogP contribution in [0, 0.1) is 0 Å². The summed E-state index contributed by atoms with van der Waals surface area (Å²) in [5.74, 6) is -0.0185. The second-order valence-corrected chi connectivity index (χ2v) is 9.45. The highest BCUT2D eigenvalue weighted by Gasteiger charge is 2.07. The van der Waals surface area contributed by atoms with Crippen LogP contribution in [0.3, 0.4) is 0 Å². The van der Waals surface area contributed by atoms with E-state index in [0.29, 0.717) is 43.7 Å². The Hall–Kier alpha value is -1.58. The second-order valence-electron chi connectivity index (χ2n) is 9.45. The van der Waals surface area contributed by atoms with Crippen molar-refractivity contribution in [3.8, 4) is 0 Å². The quantitative estimate of drug-likeness (QED) is 0.0781. The number of carbonyl (C=O) groups excluding carboxylic acids is 4. The standard InChI is InChI=1S/C29H50O4/c1-3-4-5-6-7-8-9-10-11-12-16-21-27(31)23-18-15-19-24-28(32)22-17-13-14-20-25-29(33)26(2)30/h11-12H,3-10,13-25H2,1-2H3. The Morgan fingerprint density at radius 3 is 1.48 bits per heavy atom. The van der Waals surface area contributed by atoms with Crippen LogP contribution in [0.25, 0.3) is 0 Å². The fraction of sp³-hybridized carbons (Fsp3) is 0.793. The Bertz CT molecular complexity index is 562. The van der Waals surface area contributed by atoms with Gasteiger partial charge >= 0.3 is 0 Å². The zero-order chi connectivity index (χ0) is 24.6. The molecule has 4 nitrogen and oxygen atoms in total. The van der Waals surface area contributed by atoms with Gasteiger partial charge in [-0.05, 0) is 44.9 Å². The predicted octanol–water partition coefficient (Wildman–Crippen LogP) is 8.05. The smallest absolute Gasteiger partial charge is 0.198 e. The topological polar surface area (TPSA) is 68.3 Å². The van der Waals surface area contributed by atoms with Crippen LogP contribution in [0.5, 0.6) is 0 Å². The van der Waals surface area contributed by atoms with E-state index in [0.717, 1.165) is 57.8 Å². The van der Waals surface area contributed by atoms with Gasteiger partial charge in [0.2, 0.25) is 0 Å². The van der Waals surface area contributed by atoms with Crippen molar-refractivity contribution >= 4 is 23.1 Å². The first-order valence-corrected chi connectivity index (χ1v) is 13.7. The maximum Gasteiger partial charge on any atom is 0.198 e. The van der Waals surface area contributed by atoms with Crippen molar-refractivity contribution in [1.29, 1.82) is 0 Å². The zero-order valence-corrected chi connectivity index (χ0v) is 21.6. The van der Waals surface area contributed by atoms with Gasteiger partial charge in [0.25, 0.3) is 0 Å². The van der Waals surface area contributed by atoms with Gasteiger partial charge in [0.05, 0.1) is 0 Å². The molecule has 0 aromatic rings. The van der Waals surface area contributed by atoms with E-state index in [1.165, 1.54) is 51.9 Å². The average molecular weight is 463 g/mol. The van der Waals surface area contributed by atoms with Crippen LogP contribution in [0.2, 0.25) is 0 Å². The van der Waals surface area contributed by atoms with Crippen LogP contribution in [0.15, 0.2) is 12.2 Å². The monoisotopic (exact) mass is 462 g/mol. The van der Waals surface area contributed by atoms with Crippen molar-refractivity contribution < 1.29 is 19.2 Å². The van der Waals surface area contributed by atoms with Crippen molar-refractivity contribution in [2.75, 3.05) is 0 Å². The fourth-order valence-electron chi connectivity index (χ4n) is 3.91. The van der Waals surface area contributed by atoms with E-state index in [9.17, 15) is 19.2 Å². The maximum atomic E-state index is 12.0. The largest absolute Gasteiger partial charge is 0.300 e. The summed E-state index contributed by atoms with van der Waals surface area (Å²) in [6.45, 7) is 3.56. The van der Waals surface area contributed by atoms with Crippen LogP contribution < -0.4 is 0 Å². The molecule has 0 fully saturated rings. The molecule has 190 valence electrons. The molecule has 0 aliphatic heterocycles. The highest BCUT2D eigenvalue weighted by molar-refractivity contribution is 6.36. The Kier molecular flexibility index (Phi) is 22.4. The molecule has 0 aliphatic rings. The first kappa shape index (κ1) is 31.4. The molecule has 0 saturated carbocycles. The molecule has 0 spiro atoms. The second kappa shape index (κ2) is 23.6. The Morgan fingerprint density at radius 2 is 0.909 bits per heavy atom. The van der Waals surface area contributed by atoms with Gasteiger partial charge < -0.3 is 0 Å². The molecule has 0 heterocycles. The lowest BCUT2D eigenvalue weighted by molar-refractivity contribution is -0.135. The number of allylic oxidation sites excluding steroid dienone is 2. The predicted molar refractivity (Wildman–Crippen MR) is 137 cm³/mol. The molecule has 0 unspecified atom stereocenters. The average Bonchev–Trinajstić information content (AvgIpc) is 2.79. The van der Waals surface area contributed by atoms with E-state index in [1.54, 1.807) is 0 Å². The number of carbonyl (C=O) groups is 4. The number of hydrogen-bond donors (Lipinski definition) is 0. The normalized spacial score (nSPS) is 11.2. The molecule has 4 heteroatoms. The third-order valence-electron chi connectivity index (χ3n) is 6.14. The first-order chi connectivity index (χ1) is 16.0. The molecular weight excluding hydrogens is 412 g/mol. The summed E-state index contributed by atoms with van der Waals surface area (Å²) in [7, 11) is 0. The van der Waals surface area contributed by atoms with Gasteiger partial charge in [-0.1, -0.05) is 76.9 Å². The number of Topliss-reactive ketones (excluding diaryl/α,β-unsaturated/α-hetero) is 4. The van der Waals surface area contributed by atoms with Crippen molar-refractivity contribution in [2.45, 2.75) is 149 Å². The number of ketones is 4. The van der Waals surface area contributed by atoms with E-state index in [1.807, 2.05) is 0 Å². The van der Waals surface area contributed by atoms with E-state index in [-0.39, 0.29) is 11.6 Å². The van der Waals surface area contributed by atoms with Crippen LogP contribution in [0.1, 0.15) is 149 Å². The van der Waals surface area contributed by atoms with E-state index in [4.69, 9.17) is 0 Å². The van der Waals surface area contributed by atoms with Crippen LogP contribution in [-0.2, 0) is 19.2 Å². The maximum absolute atomic E-state index is 12.0. The molecule has 0 saturated heterocycles. The third kappa shape index (κ3) is 23.4. The highest BCUT2D eigenvalue weighted by atomic mass is 16.2. The van der Waals surface area contributed by atoms with Gasteiger partial charge in [-0.2, -0.15) is 0 Å². The Labute approximate surface area is 203 Å². The van der Waals surface area contributed by atoms with Gasteiger partial charge in [0.1, 0.15) is 11.6 Å². The summed E-state index contributed by atoms with van der Waals surface area (Å²) in [5.41, 5.74) is 0. The summed E-state index contributed by atoms with van der Waals surface area (Å²) in [4.78, 5) is 46.0. The first-order valence-electron chi connectivity index (χ1n) is 13.7. The molecule has 0 amide bonds. The van der Waals surface area contributed by atoms with Crippen molar-refractivity contribution in [2.24, 2.45) is 0 Å². The van der Waals surface area contributed by atoms with Crippen molar-refractivity contribution in [3.05, 3.63) is 12.2 Å². The lowest BCUT2D eigenvalue weighted by Gasteiger charge is -2.03. The van der Waals surface area contributed by atoms with Crippen LogP contribution in [0.4, 0.5) is 0 Å². The van der Waals surface area contributed by atoms with Gasteiger partial charge in [-0.15, -0.1) is 0 Å². The molecule has 0 aliphatic carbocycles. The minimum Gasteiger partial charge on any atom is -0.300 e. The van der Waals surface area contributed by atoms with Gasteiger partial charge in [-0.25, -0.2) is 0 Å². The van der Waals surface area contributed by atoms with Crippen LogP contribution in [-0.4, -0.2) is 23.1 Å². The van der Waals surface area contributed by atoms with E-state index in [2.05, 4.69) is 19.1 Å². The molecule has 0 atom stereocenters. The minimum atomic E-state index is -0.363. The molecule has 0 rings (SSSR count). The molecule has 0 bridgehead atoms. The van der Waals surface area contributed by atoms with E-state index < -0.39 is 0 Å². The minimum absolute atomic E-state index is 0.292. The molecule has 0 N–H and O–H groups in total. The van der Waals surface area contributed by atoms with E-state index >= 15 is 0 Å². The van der Waals surface area contributed by atoms with Gasteiger partial charge in [0.15, 0.2) is 11.6 Å². The fourth-order valence-corrected chi connectivity index (χ4v) is 3.91. The summed E-state index contributed by atoms with van der Waals surface area (Å²) in [5, 5.41) is 0. The lowest BCUT2D eigenvalue weighted by atomic mass is 10.0. The van der Waals surface area contributed by atoms with Crippen LogP contribution >= 0.6 is 0 Å². The highest BCUT2D eigenvalue weighted by Crippen LogP contribution is 2.12. The molecule has 0 aromatic heterocycles. The van der Waals surface area contributed by atoms with Crippen molar-refractivity contribution in [3.63, 3.8) is 0 Å². The Balaban J connectivity index is 3.43. The number of hydrogen-bond acceptors (Lipinski definition) is 4. The lowest BCUT2D eigenvalue weighted by Crippen LogP contribution is -2.08. The summed E-state index contributed by atoms with van der Waals surface area (Å²) >= 11 is 0. The number of unbranched alkanes of at least 4 members (excludes halogenated alkanes) is 12. The molecule has 33 heavy (non-hydrogen) atoms. The van der Waals surface area contributed by atoms with Crippen molar-refractivity contribution in [1.82, 2.24) is 0 Å². The zero-order valence-electron chi connectivity index (χ0n) is 21.6. The van der Waals surface area contributed by atoms with Gasteiger partial charge in [0, 0.05) is 39.0 Å². The number of rotatable bonds is 25. The summed E-state index contributed by atoms with van der Waals surface area (Å²) < 4.78 is 0. The summed E-state index contributed by atoms with van der Waals surface area (Å²) in [6, 6.07) is 0. The SMILES string of the molecule is CCCCCCCCCC=CCCC(=O)CCCCCC(=O)CCCCCCC(=O)C(C)=O. The third-order valence-corrected chi connectivity index (χ3v) is 6.14. The molecule has 0 radical (unpaired) electrons. The molecular formula is C29H50O4.